The maximum Gasteiger partial charge on any atom is 0.229 e. The third-order valence-electron chi connectivity index (χ3n) is 6.78. The predicted molar refractivity (Wildman–Crippen MR) is 135 cm³/mol. The van der Waals surface area contributed by atoms with Gasteiger partial charge in [0.15, 0.2) is 0 Å². The highest BCUT2D eigenvalue weighted by molar-refractivity contribution is 5.93. The van der Waals surface area contributed by atoms with E-state index in [9.17, 15) is 9.59 Å². The van der Waals surface area contributed by atoms with Gasteiger partial charge in [-0.2, -0.15) is 0 Å². The number of aryl methyl sites for hydroxylation is 1. The number of rotatable bonds is 7. The Morgan fingerprint density at radius 2 is 1.79 bits per heavy atom. The molecule has 7 heteroatoms. The smallest absolute Gasteiger partial charge is 0.229 e. The summed E-state index contributed by atoms with van der Waals surface area (Å²) in [5, 5.41) is 3.09. The second kappa shape index (κ2) is 11.4. The molecule has 0 bridgehead atoms. The number of likely N-dealkylation sites (tertiary alicyclic amines) is 1. The molecular weight excluding hydrogens is 428 g/mol. The summed E-state index contributed by atoms with van der Waals surface area (Å²) in [4.78, 5) is 32.2. The van der Waals surface area contributed by atoms with E-state index in [4.69, 9.17) is 4.74 Å². The van der Waals surface area contributed by atoms with Crippen LogP contribution in [0.3, 0.4) is 0 Å². The molecule has 0 spiro atoms. The number of hydrogen-bond acceptors (Lipinski definition) is 5. The van der Waals surface area contributed by atoms with Crippen molar-refractivity contribution >= 4 is 23.2 Å². The molecule has 2 saturated heterocycles. The molecule has 2 fully saturated rings. The Labute approximate surface area is 202 Å². The summed E-state index contributed by atoms with van der Waals surface area (Å²) >= 11 is 0. The van der Waals surface area contributed by atoms with Crippen LogP contribution in [0.4, 0.5) is 11.4 Å². The normalized spacial score (nSPS) is 19.1. The topological polar surface area (TPSA) is 65.1 Å². The van der Waals surface area contributed by atoms with E-state index in [2.05, 4.69) is 41.2 Å². The molecule has 7 nitrogen and oxygen atoms in total. The summed E-state index contributed by atoms with van der Waals surface area (Å²) < 4.78 is 5.66. The van der Waals surface area contributed by atoms with Crippen LogP contribution in [-0.2, 0) is 9.59 Å². The number of nitrogens with one attached hydrogen (secondary N) is 1. The van der Waals surface area contributed by atoms with Crippen LogP contribution in [0.5, 0.6) is 5.75 Å². The molecule has 0 saturated carbocycles. The number of piperazine rings is 1. The fourth-order valence-corrected chi connectivity index (χ4v) is 4.73. The number of carbonyl (C=O) groups is 2. The van der Waals surface area contributed by atoms with Crippen LogP contribution in [0.15, 0.2) is 48.5 Å². The summed E-state index contributed by atoms with van der Waals surface area (Å²) in [5.41, 5.74) is 3.22. The Morgan fingerprint density at radius 1 is 1.03 bits per heavy atom. The third kappa shape index (κ3) is 6.29. The van der Waals surface area contributed by atoms with Crippen molar-refractivity contribution in [2.24, 2.45) is 5.92 Å². The molecule has 2 aliphatic rings. The first-order valence-corrected chi connectivity index (χ1v) is 12.3. The van der Waals surface area contributed by atoms with E-state index in [0.717, 1.165) is 50.5 Å². The standard InChI is InChI=1S/C27H36N4O3/c1-21-19-23(10-11-25(21)30-16-14-29(2)15-17-30)28-27(33)22-7-6-13-31(20-22)26(32)12-18-34-24-8-4-3-5-9-24/h3-5,8-11,19,22H,6-7,12-18,20H2,1-2H3,(H,28,33). The zero-order valence-corrected chi connectivity index (χ0v) is 20.3. The van der Waals surface area contributed by atoms with Gasteiger partial charge in [-0.15, -0.1) is 0 Å². The van der Waals surface area contributed by atoms with Gasteiger partial charge >= 0.3 is 0 Å². The molecule has 182 valence electrons. The van der Waals surface area contributed by atoms with Crippen molar-refractivity contribution in [2.45, 2.75) is 26.2 Å². The van der Waals surface area contributed by atoms with E-state index >= 15 is 0 Å². The van der Waals surface area contributed by atoms with Crippen LogP contribution < -0.4 is 15.0 Å². The minimum absolute atomic E-state index is 0.00946. The van der Waals surface area contributed by atoms with E-state index in [-0.39, 0.29) is 17.7 Å². The Kier molecular flexibility index (Phi) is 8.06. The minimum atomic E-state index is -0.189. The molecule has 1 N–H and O–H groups in total. The third-order valence-corrected chi connectivity index (χ3v) is 6.78. The summed E-state index contributed by atoms with van der Waals surface area (Å²) in [7, 11) is 2.15. The lowest BCUT2D eigenvalue weighted by atomic mass is 9.96. The van der Waals surface area contributed by atoms with E-state index < -0.39 is 0 Å². The fraction of sp³-hybridized carbons (Fsp3) is 0.481. The molecular formula is C27H36N4O3. The maximum atomic E-state index is 13.0. The molecule has 0 radical (unpaired) electrons. The fourth-order valence-electron chi connectivity index (χ4n) is 4.73. The molecule has 2 amide bonds. The van der Waals surface area contributed by atoms with Gasteiger partial charge in [-0.25, -0.2) is 0 Å². The molecule has 0 aromatic heterocycles. The number of anilines is 2. The van der Waals surface area contributed by atoms with Crippen molar-refractivity contribution in [3.63, 3.8) is 0 Å². The second-order valence-electron chi connectivity index (χ2n) is 9.37. The average Bonchev–Trinajstić information content (AvgIpc) is 2.85. The quantitative estimate of drug-likeness (QED) is 0.681. The predicted octanol–water partition coefficient (Wildman–Crippen LogP) is 3.39. The highest BCUT2D eigenvalue weighted by Gasteiger charge is 2.28. The summed E-state index contributed by atoms with van der Waals surface area (Å²) in [5.74, 6) is 0.607. The zero-order chi connectivity index (χ0) is 23.9. The average molecular weight is 465 g/mol. The number of nitrogens with zero attached hydrogens (tertiary/aromatic N) is 3. The number of likely N-dealkylation sites (N-methyl/N-ethyl adjacent to an activating group) is 1. The van der Waals surface area contributed by atoms with E-state index in [0.29, 0.717) is 26.1 Å². The number of para-hydroxylation sites is 1. The van der Waals surface area contributed by atoms with E-state index in [1.165, 1.54) is 11.3 Å². The highest BCUT2D eigenvalue weighted by atomic mass is 16.5. The summed E-state index contributed by atoms with van der Waals surface area (Å²) in [6.07, 6.45) is 1.95. The van der Waals surface area contributed by atoms with E-state index in [1.54, 1.807) is 0 Å². The largest absolute Gasteiger partial charge is 0.493 e. The monoisotopic (exact) mass is 464 g/mol. The van der Waals surface area contributed by atoms with Crippen molar-refractivity contribution in [2.75, 3.05) is 63.1 Å². The SMILES string of the molecule is Cc1cc(NC(=O)C2CCCN(C(=O)CCOc3ccccc3)C2)ccc1N1CCN(C)CC1. The Hall–Kier alpha value is -3.06. The van der Waals surface area contributed by atoms with Gasteiger partial charge in [0.25, 0.3) is 0 Å². The van der Waals surface area contributed by atoms with Crippen molar-refractivity contribution in [3.8, 4) is 5.75 Å². The van der Waals surface area contributed by atoms with Crippen molar-refractivity contribution in [1.29, 1.82) is 0 Å². The van der Waals surface area contributed by atoms with Gasteiger partial charge in [0.1, 0.15) is 5.75 Å². The van der Waals surface area contributed by atoms with Crippen molar-refractivity contribution < 1.29 is 14.3 Å². The van der Waals surface area contributed by atoms with Crippen LogP contribution in [0.1, 0.15) is 24.8 Å². The lowest BCUT2D eigenvalue weighted by molar-refractivity contribution is -0.135. The van der Waals surface area contributed by atoms with Crippen molar-refractivity contribution in [3.05, 3.63) is 54.1 Å². The van der Waals surface area contributed by atoms with Gasteiger partial charge < -0.3 is 24.8 Å². The number of piperidine rings is 1. The van der Waals surface area contributed by atoms with Gasteiger partial charge in [-0.3, -0.25) is 9.59 Å². The lowest BCUT2D eigenvalue weighted by Crippen LogP contribution is -2.44. The van der Waals surface area contributed by atoms with Crippen LogP contribution in [-0.4, -0.2) is 74.5 Å². The first-order chi connectivity index (χ1) is 16.5. The molecule has 1 unspecified atom stereocenters. The van der Waals surface area contributed by atoms with Crippen LogP contribution in [0, 0.1) is 12.8 Å². The molecule has 2 aromatic rings. The van der Waals surface area contributed by atoms with Gasteiger partial charge in [0.05, 0.1) is 18.9 Å². The molecule has 1 atom stereocenters. The second-order valence-corrected chi connectivity index (χ2v) is 9.37. The molecule has 34 heavy (non-hydrogen) atoms. The van der Waals surface area contributed by atoms with Gasteiger partial charge in [-0.05, 0) is 62.7 Å². The maximum absolute atomic E-state index is 13.0. The summed E-state index contributed by atoms with van der Waals surface area (Å²) in [6, 6.07) is 15.7. The number of carbonyl (C=O) groups excluding carboxylic acids is 2. The first kappa shape index (κ1) is 24.1. The van der Waals surface area contributed by atoms with E-state index in [1.807, 2.05) is 41.3 Å². The number of ether oxygens (including phenoxy) is 1. The van der Waals surface area contributed by atoms with Crippen LogP contribution in [0.25, 0.3) is 0 Å². The molecule has 2 heterocycles. The van der Waals surface area contributed by atoms with Gasteiger partial charge in [-0.1, -0.05) is 18.2 Å². The highest BCUT2D eigenvalue weighted by Crippen LogP contribution is 2.26. The van der Waals surface area contributed by atoms with Crippen molar-refractivity contribution in [1.82, 2.24) is 9.80 Å². The zero-order valence-electron chi connectivity index (χ0n) is 20.3. The molecule has 4 rings (SSSR count). The molecule has 2 aliphatic heterocycles. The lowest BCUT2D eigenvalue weighted by Gasteiger charge is -2.35. The number of hydrogen-bond donors (Lipinski definition) is 1. The van der Waals surface area contributed by atoms with Gasteiger partial charge in [0, 0.05) is 50.6 Å². The van der Waals surface area contributed by atoms with Crippen LogP contribution in [0.2, 0.25) is 0 Å². The minimum Gasteiger partial charge on any atom is -0.493 e. The van der Waals surface area contributed by atoms with Crippen LogP contribution >= 0.6 is 0 Å². The Balaban J connectivity index is 1.27. The molecule has 2 aromatic carbocycles. The number of benzene rings is 2. The Bertz CT molecular complexity index is 973. The molecule has 0 aliphatic carbocycles. The van der Waals surface area contributed by atoms with Gasteiger partial charge in [0.2, 0.25) is 11.8 Å². The Morgan fingerprint density at radius 3 is 2.53 bits per heavy atom. The summed E-state index contributed by atoms with van der Waals surface area (Å²) in [6.45, 7) is 7.77. The first-order valence-electron chi connectivity index (χ1n) is 12.3. The number of amides is 2.